The molecule has 1 heterocycles. The van der Waals surface area contributed by atoms with Crippen LogP contribution in [0.1, 0.15) is 16.1 Å². The molecule has 2 aromatic rings. The molecule has 0 saturated heterocycles. The Hall–Kier alpha value is -1.26. The summed E-state index contributed by atoms with van der Waals surface area (Å²) in [6.07, 6.45) is 1.48. The van der Waals surface area contributed by atoms with E-state index < -0.39 is 0 Å². The number of aryl methyl sites for hydroxylation is 1. The summed E-state index contributed by atoms with van der Waals surface area (Å²) < 4.78 is 5.85. The third-order valence-electron chi connectivity index (χ3n) is 2.28. The summed E-state index contributed by atoms with van der Waals surface area (Å²) in [5, 5.41) is 3.33. The van der Waals surface area contributed by atoms with Gasteiger partial charge in [-0.1, -0.05) is 11.6 Å². The molecule has 0 aliphatic heterocycles. The molecule has 17 heavy (non-hydrogen) atoms. The van der Waals surface area contributed by atoms with E-state index in [2.05, 4.69) is 21.2 Å². The van der Waals surface area contributed by atoms with Gasteiger partial charge in [-0.25, -0.2) is 0 Å². The van der Waals surface area contributed by atoms with Crippen molar-refractivity contribution in [3.63, 3.8) is 0 Å². The molecule has 2 rings (SSSR count). The molecular weight excluding hydrogens is 305 g/mol. The fraction of sp³-hybridized carbons (Fsp3) is 0.0833. The quantitative estimate of drug-likeness (QED) is 0.900. The largest absolute Gasteiger partial charge is 0.469 e. The topological polar surface area (TPSA) is 42.2 Å². The van der Waals surface area contributed by atoms with Gasteiger partial charge in [-0.3, -0.25) is 4.79 Å². The SMILES string of the molecule is Cc1occc1C(=O)Nc1cc(Cl)ccc1Br. The Morgan fingerprint density at radius 3 is 2.82 bits per heavy atom. The molecule has 5 heteroatoms. The van der Waals surface area contributed by atoms with Crippen molar-refractivity contribution >= 4 is 39.1 Å². The minimum Gasteiger partial charge on any atom is -0.469 e. The smallest absolute Gasteiger partial charge is 0.259 e. The fourth-order valence-corrected chi connectivity index (χ4v) is 1.92. The van der Waals surface area contributed by atoms with Gasteiger partial charge in [0.1, 0.15) is 5.76 Å². The molecule has 0 fully saturated rings. The van der Waals surface area contributed by atoms with Crippen LogP contribution in [0.25, 0.3) is 0 Å². The molecule has 3 nitrogen and oxygen atoms in total. The van der Waals surface area contributed by atoms with Crippen molar-refractivity contribution in [2.75, 3.05) is 5.32 Å². The number of hydrogen-bond donors (Lipinski definition) is 1. The second-order valence-electron chi connectivity index (χ2n) is 3.47. The first-order valence-corrected chi connectivity index (χ1v) is 6.05. The van der Waals surface area contributed by atoms with Crippen LogP contribution < -0.4 is 5.32 Å². The molecule has 1 aromatic carbocycles. The third kappa shape index (κ3) is 2.70. The third-order valence-corrected chi connectivity index (χ3v) is 3.21. The number of anilines is 1. The molecule has 0 atom stereocenters. The molecule has 1 amide bonds. The van der Waals surface area contributed by atoms with Crippen molar-refractivity contribution in [3.8, 4) is 0 Å². The lowest BCUT2D eigenvalue weighted by Gasteiger charge is -2.07. The van der Waals surface area contributed by atoms with Crippen molar-refractivity contribution in [2.24, 2.45) is 0 Å². The number of halogens is 2. The van der Waals surface area contributed by atoms with E-state index in [1.54, 1.807) is 31.2 Å². The summed E-state index contributed by atoms with van der Waals surface area (Å²) in [5.41, 5.74) is 1.14. The second kappa shape index (κ2) is 4.94. The van der Waals surface area contributed by atoms with Crippen LogP contribution >= 0.6 is 27.5 Å². The number of carbonyl (C=O) groups is 1. The molecule has 0 aliphatic carbocycles. The van der Waals surface area contributed by atoms with Gasteiger partial charge in [0, 0.05) is 9.50 Å². The van der Waals surface area contributed by atoms with Gasteiger partial charge in [0.2, 0.25) is 0 Å². The normalized spacial score (nSPS) is 10.3. The number of nitrogens with one attached hydrogen (secondary N) is 1. The highest BCUT2D eigenvalue weighted by Crippen LogP contribution is 2.26. The van der Waals surface area contributed by atoms with Gasteiger partial charge < -0.3 is 9.73 Å². The van der Waals surface area contributed by atoms with Crippen LogP contribution in [0.3, 0.4) is 0 Å². The Balaban J connectivity index is 2.24. The average Bonchev–Trinajstić information content (AvgIpc) is 2.70. The lowest BCUT2D eigenvalue weighted by molar-refractivity contribution is 0.102. The Kier molecular flexibility index (Phi) is 3.54. The Morgan fingerprint density at radius 2 is 2.18 bits per heavy atom. The van der Waals surface area contributed by atoms with Crippen molar-refractivity contribution < 1.29 is 9.21 Å². The number of carbonyl (C=O) groups excluding carboxylic acids is 1. The number of rotatable bonds is 2. The minimum atomic E-state index is -0.223. The van der Waals surface area contributed by atoms with E-state index >= 15 is 0 Å². The van der Waals surface area contributed by atoms with E-state index in [1.165, 1.54) is 6.26 Å². The van der Waals surface area contributed by atoms with Crippen LogP contribution in [0.5, 0.6) is 0 Å². The minimum absolute atomic E-state index is 0.223. The highest BCUT2D eigenvalue weighted by molar-refractivity contribution is 9.10. The monoisotopic (exact) mass is 313 g/mol. The summed E-state index contributed by atoms with van der Waals surface area (Å²) in [4.78, 5) is 11.9. The molecule has 0 spiro atoms. The van der Waals surface area contributed by atoms with Gasteiger partial charge in [0.25, 0.3) is 5.91 Å². The first-order chi connectivity index (χ1) is 8.08. The number of benzene rings is 1. The molecule has 1 aromatic heterocycles. The maximum atomic E-state index is 11.9. The predicted octanol–water partition coefficient (Wildman–Crippen LogP) is 4.26. The van der Waals surface area contributed by atoms with Crippen molar-refractivity contribution in [1.82, 2.24) is 0 Å². The van der Waals surface area contributed by atoms with Crippen molar-refractivity contribution in [1.29, 1.82) is 0 Å². The van der Waals surface area contributed by atoms with Crippen LogP contribution in [0.15, 0.2) is 39.4 Å². The molecule has 0 bridgehead atoms. The second-order valence-corrected chi connectivity index (χ2v) is 4.76. The molecule has 0 saturated carbocycles. The lowest BCUT2D eigenvalue weighted by Crippen LogP contribution is -2.12. The van der Waals surface area contributed by atoms with Gasteiger partial charge in [-0.2, -0.15) is 0 Å². The van der Waals surface area contributed by atoms with E-state index in [4.69, 9.17) is 16.0 Å². The predicted molar refractivity (Wildman–Crippen MR) is 70.6 cm³/mol. The molecule has 88 valence electrons. The molecule has 0 aliphatic rings. The van der Waals surface area contributed by atoms with Gasteiger partial charge >= 0.3 is 0 Å². The average molecular weight is 315 g/mol. The zero-order chi connectivity index (χ0) is 12.4. The summed E-state index contributed by atoms with van der Waals surface area (Å²) in [6, 6.07) is 6.83. The van der Waals surface area contributed by atoms with E-state index in [1.807, 2.05) is 0 Å². The zero-order valence-corrected chi connectivity index (χ0v) is 11.3. The van der Waals surface area contributed by atoms with E-state index in [0.29, 0.717) is 22.0 Å². The number of furan rings is 1. The van der Waals surface area contributed by atoms with Gasteiger partial charge in [0.05, 0.1) is 17.5 Å². The summed E-state index contributed by atoms with van der Waals surface area (Å²) in [7, 11) is 0. The standard InChI is InChI=1S/C12H9BrClNO2/c1-7-9(4-5-17-7)12(16)15-11-6-8(14)2-3-10(11)13/h2-6H,1H3,(H,15,16). The molecular formula is C12H9BrClNO2. The lowest BCUT2D eigenvalue weighted by atomic mass is 10.2. The number of amides is 1. The maximum absolute atomic E-state index is 11.9. The van der Waals surface area contributed by atoms with Crippen LogP contribution in [-0.2, 0) is 0 Å². The Bertz CT molecular complexity index is 565. The number of hydrogen-bond acceptors (Lipinski definition) is 2. The van der Waals surface area contributed by atoms with Crippen LogP contribution in [0, 0.1) is 6.92 Å². The summed E-state index contributed by atoms with van der Waals surface area (Å²) >= 11 is 9.21. The fourth-order valence-electron chi connectivity index (χ4n) is 1.40. The maximum Gasteiger partial charge on any atom is 0.259 e. The van der Waals surface area contributed by atoms with Crippen molar-refractivity contribution in [3.05, 3.63) is 51.3 Å². The zero-order valence-electron chi connectivity index (χ0n) is 8.96. The Morgan fingerprint density at radius 1 is 1.41 bits per heavy atom. The van der Waals surface area contributed by atoms with Gasteiger partial charge in [-0.05, 0) is 47.1 Å². The highest BCUT2D eigenvalue weighted by atomic mass is 79.9. The van der Waals surface area contributed by atoms with Gasteiger partial charge in [-0.15, -0.1) is 0 Å². The summed E-state index contributed by atoms with van der Waals surface area (Å²) in [5.74, 6) is 0.361. The molecule has 0 unspecified atom stereocenters. The van der Waals surface area contributed by atoms with Crippen molar-refractivity contribution in [2.45, 2.75) is 6.92 Å². The Labute approximate surface area is 112 Å². The van der Waals surface area contributed by atoms with E-state index in [9.17, 15) is 4.79 Å². The van der Waals surface area contributed by atoms with E-state index in [0.717, 1.165) is 4.47 Å². The van der Waals surface area contributed by atoms with Crippen LogP contribution in [0.4, 0.5) is 5.69 Å². The van der Waals surface area contributed by atoms with E-state index in [-0.39, 0.29) is 5.91 Å². The highest BCUT2D eigenvalue weighted by Gasteiger charge is 2.12. The molecule has 0 radical (unpaired) electrons. The molecule has 1 N–H and O–H groups in total. The summed E-state index contributed by atoms with van der Waals surface area (Å²) in [6.45, 7) is 1.74. The van der Waals surface area contributed by atoms with Gasteiger partial charge in [0.15, 0.2) is 0 Å². The van der Waals surface area contributed by atoms with Crippen LogP contribution in [0.2, 0.25) is 5.02 Å². The van der Waals surface area contributed by atoms with Crippen LogP contribution in [-0.4, -0.2) is 5.91 Å². The first kappa shape index (κ1) is 12.2. The first-order valence-electron chi connectivity index (χ1n) is 4.88.